The zero-order valence-electron chi connectivity index (χ0n) is 15.0. The van der Waals surface area contributed by atoms with Gasteiger partial charge in [-0.05, 0) is 28.3 Å². The molecular weight excluding hydrogens is 308 g/mol. The van der Waals surface area contributed by atoms with E-state index in [0.717, 1.165) is 5.56 Å². The van der Waals surface area contributed by atoms with Crippen molar-refractivity contribution in [2.75, 3.05) is 7.11 Å². The zero-order valence-corrected chi connectivity index (χ0v) is 16.8. The highest BCUT2D eigenvalue weighted by molar-refractivity contribution is 8.29. The van der Waals surface area contributed by atoms with Crippen LogP contribution in [0, 0.1) is 0 Å². The first-order valence-corrected chi connectivity index (χ1v) is 11.9. The summed E-state index contributed by atoms with van der Waals surface area (Å²) in [5.74, 6) is -0.168. The lowest BCUT2D eigenvalue weighted by atomic mass is 10.1. The average molecular weight is 339 g/mol. The molecule has 0 heterocycles. The van der Waals surface area contributed by atoms with Crippen LogP contribution < -0.4 is 0 Å². The van der Waals surface area contributed by atoms with Gasteiger partial charge in [-0.2, -0.15) is 0 Å². The fraction of sp³-hybridized carbons (Fsp3) is 0.611. The van der Waals surface area contributed by atoms with Crippen molar-refractivity contribution < 1.29 is 9.53 Å². The normalized spacial score (nSPS) is 12.3. The molecule has 0 N–H and O–H groups in total. The van der Waals surface area contributed by atoms with Crippen molar-refractivity contribution in [3.63, 3.8) is 0 Å². The third-order valence-electron chi connectivity index (χ3n) is 4.53. The van der Waals surface area contributed by atoms with Gasteiger partial charge >= 0.3 is 5.97 Å². The Labute approximate surface area is 140 Å². The van der Waals surface area contributed by atoms with Crippen LogP contribution in [0.15, 0.2) is 29.2 Å². The Kier molecular flexibility index (Phi) is 7.20. The molecule has 0 atom stereocenters. The van der Waals surface area contributed by atoms with E-state index < -0.39 is 7.22 Å². The predicted molar refractivity (Wildman–Crippen MR) is 99.1 cm³/mol. The number of carbonyl (C=O) groups excluding carboxylic acids is 1. The van der Waals surface area contributed by atoms with Crippen molar-refractivity contribution >= 4 is 24.4 Å². The lowest BCUT2D eigenvalue weighted by molar-refractivity contribution is -0.139. The Morgan fingerprint density at radius 2 is 1.55 bits per heavy atom. The minimum Gasteiger partial charge on any atom is -0.469 e. The summed E-state index contributed by atoms with van der Waals surface area (Å²) >= 11 is 2.07. The number of hydrogen-bond donors (Lipinski definition) is 0. The summed E-state index contributed by atoms with van der Waals surface area (Å²) in [4.78, 5) is 12.9. The lowest BCUT2D eigenvalue weighted by Crippen LogP contribution is -2.41. The highest BCUT2D eigenvalue weighted by atomic mass is 32.4. The van der Waals surface area contributed by atoms with Crippen LogP contribution in [0.3, 0.4) is 0 Å². The standard InChI is InChI=1S/C18H30O2SSi/c1-13(2)22(14(3)4,15(5)6)21-17-11-9-8-10-16(17)12-18(19)20-7/h8-11,13-15H,12H2,1-7H3. The summed E-state index contributed by atoms with van der Waals surface area (Å²) < 4.78 is 4.84. The van der Waals surface area contributed by atoms with E-state index in [0.29, 0.717) is 23.0 Å². The van der Waals surface area contributed by atoms with E-state index >= 15 is 0 Å². The van der Waals surface area contributed by atoms with Crippen LogP contribution in [0.25, 0.3) is 0 Å². The van der Waals surface area contributed by atoms with Gasteiger partial charge in [-0.25, -0.2) is 0 Å². The average Bonchev–Trinajstić information content (AvgIpc) is 2.44. The first-order valence-electron chi connectivity index (χ1n) is 8.09. The molecule has 0 aliphatic carbocycles. The first-order chi connectivity index (χ1) is 10.3. The molecule has 0 saturated carbocycles. The highest BCUT2D eigenvalue weighted by Crippen LogP contribution is 2.52. The van der Waals surface area contributed by atoms with Crippen LogP contribution in [0.1, 0.15) is 47.1 Å². The monoisotopic (exact) mass is 338 g/mol. The molecule has 2 nitrogen and oxygen atoms in total. The van der Waals surface area contributed by atoms with E-state index in [1.165, 1.54) is 12.0 Å². The molecule has 0 aliphatic rings. The van der Waals surface area contributed by atoms with E-state index in [9.17, 15) is 4.79 Å². The number of hydrogen-bond acceptors (Lipinski definition) is 3. The SMILES string of the molecule is COC(=O)Cc1ccccc1S[Si](C(C)C)(C(C)C)C(C)C. The van der Waals surface area contributed by atoms with Crippen molar-refractivity contribution in [2.24, 2.45) is 0 Å². The van der Waals surface area contributed by atoms with E-state index in [4.69, 9.17) is 4.74 Å². The predicted octanol–water partition coefficient (Wildman–Crippen LogP) is 5.67. The maximum atomic E-state index is 11.7. The summed E-state index contributed by atoms with van der Waals surface area (Å²) in [6.07, 6.45) is 0.360. The second-order valence-electron chi connectivity index (χ2n) is 6.78. The van der Waals surface area contributed by atoms with E-state index in [1.54, 1.807) is 0 Å². The molecule has 0 bridgehead atoms. The Morgan fingerprint density at radius 3 is 2.00 bits per heavy atom. The molecule has 0 saturated heterocycles. The van der Waals surface area contributed by atoms with Crippen LogP contribution in [-0.2, 0) is 16.0 Å². The molecule has 4 heteroatoms. The van der Waals surface area contributed by atoms with Crippen LogP contribution in [-0.4, -0.2) is 20.3 Å². The Bertz CT molecular complexity index is 476. The van der Waals surface area contributed by atoms with Crippen LogP contribution in [0.2, 0.25) is 16.6 Å². The van der Waals surface area contributed by atoms with Gasteiger partial charge in [0, 0.05) is 4.90 Å². The summed E-state index contributed by atoms with van der Waals surface area (Å²) in [5.41, 5.74) is 3.15. The summed E-state index contributed by atoms with van der Waals surface area (Å²) in [7, 11) is -0.145. The van der Waals surface area contributed by atoms with Gasteiger partial charge in [0.25, 0.3) is 0 Å². The molecule has 0 fully saturated rings. The van der Waals surface area contributed by atoms with E-state index in [-0.39, 0.29) is 5.97 Å². The smallest absolute Gasteiger partial charge is 0.310 e. The number of methoxy groups -OCH3 is 1. The van der Waals surface area contributed by atoms with Crippen LogP contribution in [0.5, 0.6) is 0 Å². The largest absolute Gasteiger partial charge is 0.469 e. The lowest BCUT2D eigenvalue weighted by Gasteiger charge is -2.42. The minimum absolute atomic E-state index is 0.168. The molecule has 1 rings (SSSR count). The van der Waals surface area contributed by atoms with E-state index in [2.05, 4.69) is 71.0 Å². The Morgan fingerprint density at radius 1 is 1.05 bits per heavy atom. The van der Waals surface area contributed by atoms with Crippen molar-refractivity contribution in [1.29, 1.82) is 0 Å². The van der Waals surface area contributed by atoms with Gasteiger partial charge in [0.2, 0.25) is 0 Å². The number of esters is 1. The number of carbonyl (C=O) groups is 1. The molecule has 0 amide bonds. The summed E-state index contributed by atoms with van der Waals surface area (Å²) in [6.45, 7) is 14.2. The quantitative estimate of drug-likeness (QED) is 0.473. The molecule has 0 aromatic heterocycles. The number of rotatable bonds is 7. The summed E-state index contributed by atoms with van der Waals surface area (Å²) in [6, 6.07) is 8.30. The molecule has 0 aliphatic heterocycles. The summed E-state index contributed by atoms with van der Waals surface area (Å²) in [5, 5.41) is 0. The Hall–Kier alpha value is -0.743. The molecule has 0 radical (unpaired) electrons. The molecule has 0 spiro atoms. The van der Waals surface area contributed by atoms with Crippen molar-refractivity contribution in [3.8, 4) is 0 Å². The minimum atomic E-state index is -1.60. The topological polar surface area (TPSA) is 26.3 Å². The first kappa shape index (κ1) is 19.3. The van der Waals surface area contributed by atoms with Gasteiger partial charge in [0.15, 0.2) is 0 Å². The third kappa shape index (κ3) is 4.16. The molecule has 22 heavy (non-hydrogen) atoms. The highest BCUT2D eigenvalue weighted by Gasteiger charge is 2.44. The van der Waals surface area contributed by atoms with Crippen LogP contribution in [0.4, 0.5) is 0 Å². The fourth-order valence-corrected chi connectivity index (χ4v) is 12.9. The number of benzene rings is 1. The number of ether oxygens (including phenoxy) is 1. The zero-order chi connectivity index (χ0) is 16.9. The maximum absolute atomic E-state index is 11.7. The maximum Gasteiger partial charge on any atom is 0.310 e. The van der Waals surface area contributed by atoms with Crippen molar-refractivity contribution in [3.05, 3.63) is 29.8 Å². The molecule has 124 valence electrons. The van der Waals surface area contributed by atoms with Gasteiger partial charge < -0.3 is 4.74 Å². The van der Waals surface area contributed by atoms with Gasteiger partial charge in [-0.1, -0.05) is 59.7 Å². The van der Waals surface area contributed by atoms with Gasteiger partial charge in [-0.3, -0.25) is 4.79 Å². The van der Waals surface area contributed by atoms with Crippen LogP contribution >= 0.6 is 11.2 Å². The Balaban J connectivity index is 3.22. The van der Waals surface area contributed by atoms with Gasteiger partial charge in [0.05, 0.1) is 13.5 Å². The van der Waals surface area contributed by atoms with Gasteiger partial charge in [-0.15, -0.1) is 11.2 Å². The molecule has 1 aromatic rings. The molecular formula is C18H30O2SSi. The second-order valence-corrected chi connectivity index (χ2v) is 15.3. The van der Waals surface area contributed by atoms with Crippen molar-refractivity contribution in [2.45, 2.75) is 69.5 Å². The molecule has 0 unspecified atom stereocenters. The van der Waals surface area contributed by atoms with Gasteiger partial charge in [0.1, 0.15) is 7.22 Å². The second kappa shape index (κ2) is 8.21. The molecule has 1 aromatic carbocycles. The fourth-order valence-electron chi connectivity index (χ4n) is 3.52. The van der Waals surface area contributed by atoms with E-state index in [1.807, 2.05) is 6.07 Å². The third-order valence-corrected chi connectivity index (χ3v) is 16.9. The van der Waals surface area contributed by atoms with Crippen molar-refractivity contribution in [1.82, 2.24) is 0 Å².